The number of carboxylic acids is 1. The van der Waals surface area contributed by atoms with Gasteiger partial charge in [0.05, 0.1) is 31.8 Å². The Labute approximate surface area is 191 Å². The molecule has 3 rings (SSSR count). The van der Waals surface area contributed by atoms with Gasteiger partial charge in [0, 0.05) is 5.56 Å². The van der Waals surface area contributed by atoms with Crippen LogP contribution in [0.1, 0.15) is 35.2 Å². The number of ether oxygens (including phenoxy) is 1. The molecule has 0 atom stereocenters. The van der Waals surface area contributed by atoms with Crippen molar-refractivity contribution in [2.24, 2.45) is 0 Å². The summed E-state index contributed by atoms with van der Waals surface area (Å²) in [6, 6.07) is 11.9. The summed E-state index contributed by atoms with van der Waals surface area (Å²) >= 11 is 1.56. The van der Waals surface area contributed by atoms with E-state index in [9.17, 15) is 13.2 Å². The number of sulfone groups is 1. The lowest BCUT2D eigenvalue weighted by Gasteiger charge is -2.08. The number of carboxylic acid groups (broad SMARTS) is 1. The fourth-order valence-corrected chi connectivity index (χ4v) is 5.41. The summed E-state index contributed by atoms with van der Waals surface area (Å²) in [4.78, 5) is 16.7. The standard InChI is InChI=1S/C24H23NO5S2/c1-4-12-32(28,29)21-7-5-6-18(13-21)8-9-19-14-20(24-16(2)25-17(3)31-24)10-11-22(19)30-15-23(26)27/h5-7,10-11,13-14H,4,12,15H2,1-3H3,(H,26,27). The summed E-state index contributed by atoms with van der Waals surface area (Å²) in [5.41, 5.74) is 2.86. The maximum Gasteiger partial charge on any atom is 0.341 e. The molecule has 0 spiro atoms. The summed E-state index contributed by atoms with van der Waals surface area (Å²) < 4.78 is 30.2. The van der Waals surface area contributed by atoms with Crippen LogP contribution in [0.2, 0.25) is 0 Å². The molecule has 1 heterocycles. The molecule has 2 aromatic carbocycles. The summed E-state index contributed by atoms with van der Waals surface area (Å²) in [7, 11) is -3.35. The number of carbonyl (C=O) groups is 1. The van der Waals surface area contributed by atoms with Gasteiger partial charge >= 0.3 is 5.97 Å². The van der Waals surface area contributed by atoms with Gasteiger partial charge in [-0.05, 0) is 62.2 Å². The van der Waals surface area contributed by atoms with Crippen molar-refractivity contribution in [1.29, 1.82) is 0 Å². The van der Waals surface area contributed by atoms with Crippen molar-refractivity contribution in [3.05, 3.63) is 64.3 Å². The van der Waals surface area contributed by atoms with Gasteiger partial charge in [0.1, 0.15) is 5.75 Å². The van der Waals surface area contributed by atoms with Crippen molar-refractivity contribution in [1.82, 2.24) is 4.98 Å². The second-order valence-electron chi connectivity index (χ2n) is 7.14. The second kappa shape index (κ2) is 9.98. The zero-order valence-corrected chi connectivity index (χ0v) is 19.6. The van der Waals surface area contributed by atoms with Crippen LogP contribution in [-0.2, 0) is 14.6 Å². The molecule has 0 fully saturated rings. The van der Waals surface area contributed by atoms with E-state index >= 15 is 0 Å². The third-order valence-corrected chi connectivity index (χ3v) is 7.54. The number of thiazole rings is 1. The van der Waals surface area contributed by atoms with Gasteiger partial charge in [0.2, 0.25) is 0 Å². The van der Waals surface area contributed by atoms with Gasteiger partial charge in [-0.15, -0.1) is 11.3 Å². The van der Waals surface area contributed by atoms with E-state index in [2.05, 4.69) is 16.8 Å². The summed E-state index contributed by atoms with van der Waals surface area (Å²) in [5, 5.41) is 9.92. The molecule has 1 N–H and O–H groups in total. The first kappa shape index (κ1) is 23.5. The third kappa shape index (κ3) is 5.75. The molecule has 1 aromatic heterocycles. The number of benzene rings is 2. The van der Waals surface area contributed by atoms with Crippen molar-refractivity contribution >= 4 is 27.1 Å². The average Bonchev–Trinajstić information content (AvgIpc) is 3.09. The maximum absolute atomic E-state index is 12.4. The number of aromatic nitrogens is 1. The van der Waals surface area contributed by atoms with Gasteiger partial charge < -0.3 is 9.84 Å². The quantitative estimate of drug-likeness (QED) is 0.513. The van der Waals surface area contributed by atoms with Gasteiger partial charge in [-0.1, -0.05) is 24.8 Å². The lowest BCUT2D eigenvalue weighted by Crippen LogP contribution is -2.10. The molecule has 0 radical (unpaired) electrons. The van der Waals surface area contributed by atoms with Crippen molar-refractivity contribution in [2.45, 2.75) is 32.1 Å². The highest BCUT2D eigenvalue weighted by atomic mass is 32.2. The lowest BCUT2D eigenvalue weighted by atomic mass is 10.1. The molecule has 0 saturated carbocycles. The molecular weight excluding hydrogens is 446 g/mol. The Balaban J connectivity index is 2.03. The Morgan fingerprint density at radius 2 is 1.94 bits per heavy atom. The monoisotopic (exact) mass is 469 g/mol. The predicted octanol–water partition coefficient (Wildman–Crippen LogP) is 4.47. The third-order valence-electron chi connectivity index (χ3n) is 4.50. The van der Waals surface area contributed by atoms with Gasteiger partial charge in [-0.2, -0.15) is 0 Å². The normalized spacial score (nSPS) is 11.0. The van der Waals surface area contributed by atoms with Crippen LogP contribution < -0.4 is 4.74 Å². The van der Waals surface area contributed by atoms with Crippen LogP contribution in [0.3, 0.4) is 0 Å². The average molecular weight is 470 g/mol. The minimum Gasteiger partial charge on any atom is -0.481 e. The number of hydrogen-bond donors (Lipinski definition) is 1. The molecule has 0 aliphatic heterocycles. The van der Waals surface area contributed by atoms with Crippen LogP contribution in [0.15, 0.2) is 47.4 Å². The van der Waals surface area contributed by atoms with Crippen LogP contribution in [-0.4, -0.2) is 36.8 Å². The van der Waals surface area contributed by atoms with Crippen molar-refractivity contribution in [2.75, 3.05) is 12.4 Å². The molecule has 0 bridgehead atoms. The first-order valence-corrected chi connectivity index (χ1v) is 12.4. The van der Waals surface area contributed by atoms with Gasteiger partial charge in [0.15, 0.2) is 16.4 Å². The highest BCUT2D eigenvalue weighted by Gasteiger charge is 2.14. The SMILES string of the molecule is CCCS(=O)(=O)c1cccc(C#Cc2cc(-c3sc(C)nc3C)ccc2OCC(=O)O)c1. The number of rotatable bonds is 7. The Hall–Kier alpha value is -3.15. The number of aryl methyl sites for hydroxylation is 2. The van der Waals surface area contributed by atoms with Crippen molar-refractivity contribution in [3.8, 4) is 28.0 Å². The Bertz CT molecular complexity index is 1310. The zero-order chi connectivity index (χ0) is 23.3. The topological polar surface area (TPSA) is 93.6 Å². The van der Waals surface area contributed by atoms with Crippen molar-refractivity contribution in [3.63, 3.8) is 0 Å². The molecule has 0 aliphatic rings. The highest BCUT2D eigenvalue weighted by Crippen LogP contribution is 2.32. The number of aliphatic carboxylic acids is 1. The van der Waals surface area contributed by atoms with E-state index in [4.69, 9.17) is 9.84 Å². The summed E-state index contributed by atoms with van der Waals surface area (Å²) in [6.45, 7) is 5.20. The summed E-state index contributed by atoms with van der Waals surface area (Å²) in [6.07, 6.45) is 0.534. The maximum atomic E-state index is 12.4. The van der Waals surface area contributed by atoms with Gasteiger partial charge in [-0.25, -0.2) is 18.2 Å². The Morgan fingerprint density at radius 1 is 1.16 bits per heavy atom. The molecule has 32 heavy (non-hydrogen) atoms. The summed E-state index contributed by atoms with van der Waals surface area (Å²) in [5.74, 6) is 5.34. The fraction of sp³-hybridized carbons (Fsp3) is 0.250. The van der Waals surface area contributed by atoms with E-state index in [1.165, 1.54) is 0 Å². The highest BCUT2D eigenvalue weighted by molar-refractivity contribution is 7.91. The van der Waals surface area contributed by atoms with Crippen LogP contribution in [0, 0.1) is 25.7 Å². The van der Waals surface area contributed by atoms with E-state index in [0.717, 1.165) is 21.1 Å². The molecule has 0 aliphatic carbocycles. The van der Waals surface area contributed by atoms with Gasteiger partial charge in [0.25, 0.3) is 0 Å². The largest absolute Gasteiger partial charge is 0.481 e. The van der Waals surface area contributed by atoms with E-state index in [1.807, 2.05) is 32.9 Å². The Kier molecular flexibility index (Phi) is 7.33. The van der Waals surface area contributed by atoms with Crippen LogP contribution in [0.4, 0.5) is 0 Å². The lowest BCUT2D eigenvalue weighted by molar-refractivity contribution is -0.139. The predicted molar refractivity (Wildman–Crippen MR) is 125 cm³/mol. The molecule has 3 aromatic rings. The van der Waals surface area contributed by atoms with E-state index in [-0.39, 0.29) is 10.6 Å². The van der Waals surface area contributed by atoms with Crippen molar-refractivity contribution < 1.29 is 23.1 Å². The molecular formula is C24H23NO5S2. The van der Waals surface area contributed by atoms with E-state index in [1.54, 1.807) is 41.7 Å². The molecule has 166 valence electrons. The van der Waals surface area contributed by atoms with Crippen LogP contribution in [0.5, 0.6) is 5.75 Å². The zero-order valence-electron chi connectivity index (χ0n) is 18.0. The first-order chi connectivity index (χ1) is 15.2. The van der Waals surface area contributed by atoms with E-state index < -0.39 is 22.4 Å². The first-order valence-electron chi connectivity index (χ1n) is 9.97. The Morgan fingerprint density at radius 3 is 2.59 bits per heavy atom. The smallest absolute Gasteiger partial charge is 0.341 e. The molecule has 0 amide bonds. The van der Waals surface area contributed by atoms with Gasteiger partial charge in [-0.3, -0.25) is 0 Å². The van der Waals surface area contributed by atoms with Crippen LogP contribution >= 0.6 is 11.3 Å². The minimum atomic E-state index is -3.35. The van der Waals surface area contributed by atoms with E-state index in [0.29, 0.717) is 23.3 Å². The number of hydrogen-bond acceptors (Lipinski definition) is 6. The second-order valence-corrected chi connectivity index (χ2v) is 10.4. The molecule has 8 heteroatoms. The van der Waals surface area contributed by atoms with Crippen LogP contribution in [0.25, 0.3) is 10.4 Å². The minimum absolute atomic E-state index is 0.0761. The molecule has 0 saturated heterocycles. The molecule has 0 unspecified atom stereocenters. The molecule has 6 nitrogen and oxygen atoms in total. The fourth-order valence-electron chi connectivity index (χ4n) is 3.13. The number of nitrogens with zero attached hydrogens (tertiary/aromatic N) is 1.